The van der Waals surface area contributed by atoms with Crippen molar-refractivity contribution >= 4 is 29.1 Å². The largest absolute Gasteiger partial charge is 0.321 e. The molecule has 0 saturated carbocycles. The summed E-state index contributed by atoms with van der Waals surface area (Å²) in [6.45, 7) is 6.08. The molecule has 0 radical (unpaired) electrons. The predicted molar refractivity (Wildman–Crippen MR) is 160 cm³/mol. The molecule has 1 aliphatic heterocycles. The second-order valence-corrected chi connectivity index (χ2v) is 11.5. The van der Waals surface area contributed by atoms with E-state index in [1.165, 1.54) is 4.90 Å². The average molecular weight is 541 g/mol. The minimum atomic E-state index is -0.960. The van der Waals surface area contributed by atoms with E-state index in [4.69, 9.17) is 0 Å². The Labute approximate surface area is 240 Å². The van der Waals surface area contributed by atoms with Gasteiger partial charge in [-0.05, 0) is 65.3 Å². The number of carbonyl (C=O) groups is 3. The van der Waals surface area contributed by atoms with Crippen molar-refractivity contribution in [1.82, 2.24) is 0 Å². The lowest BCUT2D eigenvalue weighted by Crippen LogP contribution is -2.49. The molecule has 5 heteroatoms. The predicted octanol–water partition coefficient (Wildman–Crippen LogP) is 6.85. The number of nitrogens with zero attached hydrogens (tertiary/aromatic N) is 1. The van der Waals surface area contributed by atoms with E-state index in [1.54, 1.807) is 24.3 Å². The topological polar surface area (TPSA) is 66.5 Å². The number of amides is 3. The van der Waals surface area contributed by atoms with Crippen molar-refractivity contribution < 1.29 is 14.4 Å². The number of aryl methyl sites for hydroxylation is 2. The SMILES string of the molecule is CCc1cccc(CC)c1NC(=O)c1ccccc1N1C(=O)[C@H]2C3c4ccccc4C(c4ccccc43)[C@@]2(C)C1=O. The van der Waals surface area contributed by atoms with Crippen LogP contribution in [0.3, 0.4) is 0 Å². The Kier molecular flexibility index (Phi) is 5.75. The van der Waals surface area contributed by atoms with Gasteiger partial charge in [-0.15, -0.1) is 0 Å². The highest BCUT2D eigenvalue weighted by Crippen LogP contribution is 2.67. The molecule has 3 aliphatic carbocycles. The van der Waals surface area contributed by atoms with Crippen molar-refractivity contribution in [2.24, 2.45) is 11.3 Å². The summed E-state index contributed by atoms with van der Waals surface area (Å²) in [7, 11) is 0. The molecule has 41 heavy (non-hydrogen) atoms. The minimum absolute atomic E-state index is 0.219. The van der Waals surface area contributed by atoms with Crippen molar-refractivity contribution in [3.05, 3.63) is 130 Å². The molecule has 8 rings (SSSR count). The van der Waals surface area contributed by atoms with E-state index in [0.717, 1.165) is 51.9 Å². The third-order valence-electron chi connectivity index (χ3n) is 9.64. The van der Waals surface area contributed by atoms with Crippen molar-refractivity contribution in [3.8, 4) is 0 Å². The molecule has 2 atom stereocenters. The van der Waals surface area contributed by atoms with Crippen LogP contribution < -0.4 is 10.2 Å². The Hall–Kier alpha value is -4.51. The van der Waals surface area contributed by atoms with Crippen LogP contribution in [-0.2, 0) is 22.4 Å². The van der Waals surface area contributed by atoms with Crippen molar-refractivity contribution in [1.29, 1.82) is 0 Å². The summed E-state index contributed by atoms with van der Waals surface area (Å²) in [4.78, 5) is 44.2. The second kappa shape index (κ2) is 9.27. The number of para-hydroxylation sites is 2. The van der Waals surface area contributed by atoms with Gasteiger partial charge in [0.2, 0.25) is 11.8 Å². The zero-order chi connectivity index (χ0) is 28.5. The molecule has 0 unspecified atom stereocenters. The summed E-state index contributed by atoms with van der Waals surface area (Å²) in [6, 6.07) is 29.5. The van der Waals surface area contributed by atoms with Crippen molar-refractivity contribution in [3.63, 3.8) is 0 Å². The fourth-order valence-corrected chi connectivity index (χ4v) is 7.79. The van der Waals surface area contributed by atoms with Gasteiger partial charge in [0.25, 0.3) is 5.91 Å². The Balaban J connectivity index is 1.34. The summed E-state index contributed by atoms with van der Waals surface area (Å²) >= 11 is 0. The van der Waals surface area contributed by atoms with Crippen LogP contribution >= 0.6 is 0 Å². The van der Waals surface area contributed by atoms with Crippen molar-refractivity contribution in [2.45, 2.75) is 45.4 Å². The van der Waals surface area contributed by atoms with Crippen LogP contribution in [-0.4, -0.2) is 17.7 Å². The Bertz CT molecular complexity index is 1690. The molecule has 0 aromatic heterocycles. The summed E-state index contributed by atoms with van der Waals surface area (Å²) in [5.41, 5.74) is 7.08. The first kappa shape index (κ1) is 25.5. The molecule has 1 fully saturated rings. The van der Waals surface area contributed by atoms with Crippen LogP contribution in [0.4, 0.5) is 11.4 Å². The number of nitrogens with one attached hydrogen (secondary N) is 1. The van der Waals surface area contributed by atoms with Gasteiger partial charge in [0, 0.05) is 17.5 Å². The van der Waals surface area contributed by atoms with Gasteiger partial charge >= 0.3 is 0 Å². The van der Waals surface area contributed by atoms with Crippen LogP contribution in [0.5, 0.6) is 0 Å². The molecule has 4 aromatic rings. The van der Waals surface area contributed by atoms with Gasteiger partial charge in [0.15, 0.2) is 0 Å². The summed E-state index contributed by atoms with van der Waals surface area (Å²) in [6.07, 6.45) is 1.55. The monoisotopic (exact) mass is 540 g/mol. The molecule has 1 saturated heterocycles. The first-order valence-corrected chi connectivity index (χ1v) is 14.5. The Morgan fingerprint density at radius 3 is 1.88 bits per heavy atom. The maximum atomic E-state index is 14.6. The molecular formula is C36H32N2O3. The van der Waals surface area contributed by atoms with Gasteiger partial charge in [-0.25, -0.2) is 4.90 Å². The van der Waals surface area contributed by atoms with Crippen LogP contribution in [0.15, 0.2) is 91.0 Å². The zero-order valence-corrected chi connectivity index (χ0v) is 23.5. The smallest absolute Gasteiger partial charge is 0.257 e. The van der Waals surface area contributed by atoms with Gasteiger partial charge in [-0.1, -0.05) is 92.7 Å². The lowest BCUT2D eigenvalue weighted by atomic mass is 9.48. The van der Waals surface area contributed by atoms with E-state index in [-0.39, 0.29) is 29.6 Å². The van der Waals surface area contributed by atoms with Crippen LogP contribution in [0.1, 0.15) is 76.3 Å². The normalized spacial score (nSPS) is 23.7. The highest BCUT2D eigenvalue weighted by Gasteiger charge is 2.69. The Morgan fingerprint density at radius 1 is 0.756 bits per heavy atom. The quantitative estimate of drug-likeness (QED) is 0.282. The highest BCUT2D eigenvalue weighted by molar-refractivity contribution is 6.27. The summed E-state index contributed by atoms with van der Waals surface area (Å²) < 4.78 is 0. The van der Waals surface area contributed by atoms with E-state index >= 15 is 0 Å². The third-order valence-corrected chi connectivity index (χ3v) is 9.64. The Morgan fingerprint density at radius 2 is 1.29 bits per heavy atom. The number of rotatable bonds is 5. The zero-order valence-electron chi connectivity index (χ0n) is 23.5. The fraction of sp³-hybridized carbons (Fsp3) is 0.250. The average Bonchev–Trinajstić information content (AvgIpc) is 3.21. The molecule has 4 aliphatic rings. The van der Waals surface area contributed by atoms with E-state index in [9.17, 15) is 14.4 Å². The lowest BCUT2D eigenvalue weighted by molar-refractivity contribution is -0.128. The molecular weight excluding hydrogens is 508 g/mol. The van der Waals surface area contributed by atoms with Gasteiger partial charge in [-0.3, -0.25) is 14.4 Å². The fourth-order valence-electron chi connectivity index (χ4n) is 7.79. The van der Waals surface area contributed by atoms with Crippen LogP contribution in [0.25, 0.3) is 0 Å². The standard InChI is InChI=1S/C36H32N2O3/c1-4-21-13-12-14-22(5-2)32(21)37-33(39)27-19-10-11-20-28(27)38-34(40)31-29-23-15-6-8-17-25(23)30(36(31,3)35(38)41)26-18-9-7-16-24(26)29/h6-20,29-31H,4-5H2,1-3H3,(H,37,39)/t29?,30?,31-,36-/m1/s1. The number of benzene rings is 4. The van der Waals surface area contributed by atoms with Crippen LogP contribution in [0.2, 0.25) is 0 Å². The van der Waals surface area contributed by atoms with Gasteiger partial charge in [0.05, 0.1) is 22.6 Å². The minimum Gasteiger partial charge on any atom is -0.321 e. The molecule has 0 spiro atoms. The lowest BCUT2D eigenvalue weighted by Gasteiger charge is -2.51. The first-order chi connectivity index (χ1) is 19.9. The van der Waals surface area contributed by atoms with E-state index in [0.29, 0.717) is 11.3 Å². The number of carbonyl (C=O) groups excluding carboxylic acids is 3. The second-order valence-electron chi connectivity index (χ2n) is 11.5. The van der Waals surface area contributed by atoms with Gasteiger partial charge in [-0.2, -0.15) is 0 Å². The van der Waals surface area contributed by atoms with Gasteiger partial charge < -0.3 is 5.32 Å². The molecule has 204 valence electrons. The number of anilines is 2. The maximum Gasteiger partial charge on any atom is 0.257 e. The number of hydrogen-bond donors (Lipinski definition) is 1. The third kappa shape index (κ3) is 3.38. The molecule has 4 aromatic carbocycles. The van der Waals surface area contributed by atoms with E-state index < -0.39 is 11.3 Å². The number of imide groups is 1. The highest BCUT2D eigenvalue weighted by atomic mass is 16.2. The number of hydrogen-bond acceptors (Lipinski definition) is 3. The van der Waals surface area contributed by atoms with E-state index in [2.05, 4.69) is 43.4 Å². The molecule has 1 heterocycles. The molecule has 3 amide bonds. The first-order valence-electron chi connectivity index (χ1n) is 14.5. The van der Waals surface area contributed by atoms with Crippen molar-refractivity contribution in [2.75, 3.05) is 10.2 Å². The van der Waals surface area contributed by atoms with Gasteiger partial charge in [0.1, 0.15) is 0 Å². The summed E-state index contributed by atoms with van der Waals surface area (Å²) in [5.74, 6) is -1.81. The molecule has 5 nitrogen and oxygen atoms in total. The van der Waals surface area contributed by atoms with Crippen LogP contribution in [0, 0.1) is 11.3 Å². The molecule has 2 bridgehead atoms. The maximum absolute atomic E-state index is 14.6. The van der Waals surface area contributed by atoms with E-state index in [1.807, 2.05) is 49.4 Å². The molecule has 1 N–H and O–H groups in total. The summed E-state index contributed by atoms with van der Waals surface area (Å²) in [5, 5.41) is 3.13.